The molecule has 1 aromatic rings. The number of piperidine rings is 1. The van der Waals surface area contributed by atoms with E-state index in [-0.39, 0.29) is 41.6 Å². The van der Waals surface area contributed by atoms with Crippen molar-refractivity contribution in [2.24, 2.45) is 5.92 Å². The summed E-state index contributed by atoms with van der Waals surface area (Å²) in [5.41, 5.74) is 0.275. The summed E-state index contributed by atoms with van der Waals surface area (Å²) in [6.07, 6.45) is 5.89. The van der Waals surface area contributed by atoms with Crippen molar-refractivity contribution in [3.05, 3.63) is 33.4 Å². The van der Waals surface area contributed by atoms with E-state index in [1.807, 2.05) is 17.9 Å². The highest BCUT2D eigenvalue weighted by molar-refractivity contribution is 5.95. The third-order valence-corrected chi connectivity index (χ3v) is 6.63. The van der Waals surface area contributed by atoms with E-state index in [1.54, 1.807) is 4.90 Å². The molecule has 166 valence electrons. The number of nitrogens with one attached hydrogen (secondary N) is 1. The van der Waals surface area contributed by atoms with E-state index in [0.29, 0.717) is 37.5 Å². The molecular formula is C22H32ClN3O4. The van der Waals surface area contributed by atoms with Crippen molar-refractivity contribution in [3.63, 3.8) is 0 Å². The zero-order valence-electron chi connectivity index (χ0n) is 17.7. The highest BCUT2D eigenvalue weighted by Gasteiger charge is 2.32. The lowest BCUT2D eigenvalue weighted by atomic mass is 9.84. The van der Waals surface area contributed by atoms with Crippen molar-refractivity contribution in [1.29, 1.82) is 0 Å². The summed E-state index contributed by atoms with van der Waals surface area (Å²) in [5.74, 6) is 0.982. The first-order valence-corrected chi connectivity index (χ1v) is 11.0. The molecule has 2 amide bonds. The second kappa shape index (κ2) is 9.96. The highest BCUT2D eigenvalue weighted by Crippen LogP contribution is 2.29. The molecule has 1 atom stereocenters. The number of aryl methyl sites for hydroxylation is 1. The number of rotatable bonds is 3. The Hall–Kier alpha value is -1.86. The van der Waals surface area contributed by atoms with E-state index in [9.17, 15) is 14.4 Å². The molecule has 1 aromatic heterocycles. The van der Waals surface area contributed by atoms with Gasteiger partial charge in [0.05, 0.1) is 0 Å². The van der Waals surface area contributed by atoms with Crippen LogP contribution in [-0.2, 0) is 4.79 Å². The molecular weight excluding hydrogens is 406 g/mol. The maximum absolute atomic E-state index is 13.1. The molecule has 8 heteroatoms. The first-order valence-electron chi connectivity index (χ1n) is 11.0. The number of hydrogen-bond acceptors (Lipinski definition) is 5. The molecule has 3 heterocycles. The average Bonchev–Trinajstić information content (AvgIpc) is 2.93. The zero-order valence-corrected chi connectivity index (χ0v) is 18.5. The lowest BCUT2D eigenvalue weighted by Crippen LogP contribution is -2.42. The van der Waals surface area contributed by atoms with Crippen LogP contribution >= 0.6 is 12.4 Å². The number of halogens is 1. The fraction of sp³-hybridized carbons (Fsp3) is 0.682. The third kappa shape index (κ3) is 4.72. The summed E-state index contributed by atoms with van der Waals surface area (Å²) in [4.78, 5) is 41.9. The van der Waals surface area contributed by atoms with Crippen molar-refractivity contribution >= 4 is 24.2 Å². The predicted octanol–water partition coefficient (Wildman–Crippen LogP) is 2.31. The number of hydrogen-bond donors (Lipinski definition) is 1. The second-order valence-corrected chi connectivity index (χ2v) is 8.64. The monoisotopic (exact) mass is 437 g/mol. The van der Waals surface area contributed by atoms with Gasteiger partial charge in [0.1, 0.15) is 11.3 Å². The molecule has 1 aliphatic carbocycles. The first-order chi connectivity index (χ1) is 14.0. The molecule has 1 N–H and O–H groups in total. The standard InChI is InChI=1S/C22H31N3O4.ClH/c1-15-13-18(17-7-3-8-23-14-17)29-22(28)19(15)21(27)25-10-4-9-24(11-12-25)20(26)16-5-2-6-16;/h13,16-17,23H,2-12,14H2,1H3;1H. The molecule has 3 fully saturated rings. The number of nitrogens with zero attached hydrogens (tertiary/aromatic N) is 2. The van der Waals surface area contributed by atoms with Gasteiger partial charge in [-0.25, -0.2) is 4.79 Å². The van der Waals surface area contributed by atoms with Crippen molar-refractivity contribution < 1.29 is 14.0 Å². The van der Waals surface area contributed by atoms with Gasteiger partial charge in [-0.3, -0.25) is 9.59 Å². The van der Waals surface area contributed by atoms with Crippen LogP contribution in [0.15, 0.2) is 15.3 Å². The summed E-state index contributed by atoms with van der Waals surface area (Å²) in [6.45, 7) is 5.84. The Morgan fingerprint density at radius 1 is 1.03 bits per heavy atom. The van der Waals surface area contributed by atoms with E-state index < -0.39 is 5.63 Å². The van der Waals surface area contributed by atoms with Gasteiger partial charge in [0.2, 0.25) is 5.91 Å². The fourth-order valence-corrected chi connectivity index (χ4v) is 4.60. The minimum atomic E-state index is -0.540. The number of carbonyl (C=O) groups excluding carboxylic acids is 2. The average molecular weight is 438 g/mol. The van der Waals surface area contributed by atoms with Gasteiger partial charge in [-0.05, 0) is 57.2 Å². The van der Waals surface area contributed by atoms with E-state index in [2.05, 4.69) is 5.32 Å². The van der Waals surface area contributed by atoms with Gasteiger partial charge in [-0.1, -0.05) is 6.42 Å². The topological polar surface area (TPSA) is 82.9 Å². The Bertz CT molecular complexity index is 830. The highest BCUT2D eigenvalue weighted by atomic mass is 35.5. The van der Waals surface area contributed by atoms with Crippen LogP contribution in [0.2, 0.25) is 0 Å². The fourth-order valence-electron chi connectivity index (χ4n) is 4.60. The molecule has 7 nitrogen and oxygen atoms in total. The van der Waals surface area contributed by atoms with E-state index in [0.717, 1.165) is 51.6 Å². The summed E-state index contributed by atoms with van der Waals surface area (Å²) < 4.78 is 5.58. The SMILES string of the molecule is Cc1cc(C2CCCNC2)oc(=O)c1C(=O)N1CCCN(C(=O)C2CCC2)CC1.Cl. The Morgan fingerprint density at radius 3 is 2.40 bits per heavy atom. The lowest BCUT2D eigenvalue weighted by Gasteiger charge is -2.31. The number of amides is 2. The Balaban J connectivity index is 0.00000256. The van der Waals surface area contributed by atoms with Crippen LogP contribution in [0, 0.1) is 12.8 Å². The predicted molar refractivity (Wildman–Crippen MR) is 116 cm³/mol. The number of carbonyl (C=O) groups is 2. The summed E-state index contributed by atoms with van der Waals surface area (Å²) >= 11 is 0. The first kappa shape index (κ1) is 22.8. The van der Waals surface area contributed by atoms with Crippen LogP contribution in [0.25, 0.3) is 0 Å². The van der Waals surface area contributed by atoms with Crippen molar-refractivity contribution in [2.45, 2.75) is 51.4 Å². The maximum Gasteiger partial charge on any atom is 0.349 e. The van der Waals surface area contributed by atoms with Crippen LogP contribution in [0.5, 0.6) is 0 Å². The minimum Gasteiger partial charge on any atom is -0.427 e. The molecule has 1 unspecified atom stereocenters. The second-order valence-electron chi connectivity index (χ2n) is 8.64. The van der Waals surface area contributed by atoms with Gasteiger partial charge >= 0.3 is 5.63 Å². The molecule has 4 rings (SSSR count). The van der Waals surface area contributed by atoms with Gasteiger partial charge in [-0.2, -0.15) is 0 Å². The largest absolute Gasteiger partial charge is 0.427 e. The molecule has 1 saturated carbocycles. The van der Waals surface area contributed by atoms with Crippen LogP contribution in [0.4, 0.5) is 0 Å². The van der Waals surface area contributed by atoms with E-state index in [1.165, 1.54) is 0 Å². The molecule has 0 aromatic carbocycles. The van der Waals surface area contributed by atoms with Gasteiger partial charge < -0.3 is 19.5 Å². The Morgan fingerprint density at radius 2 is 1.77 bits per heavy atom. The molecule has 0 radical (unpaired) electrons. The van der Waals surface area contributed by atoms with Crippen LogP contribution in [0.1, 0.15) is 66.1 Å². The summed E-state index contributed by atoms with van der Waals surface area (Å²) in [5, 5.41) is 3.33. The van der Waals surface area contributed by atoms with Gasteiger partial charge in [0, 0.05) is 44.6 Å². The molecule has 3 aliphatic rings. The van der Waals surface area contributed by atoms with Gasteiger partial charge in [0.15, 0.2) is 0 Å². The molecule has 30 heavy (non-hydrogen) atoms. The molecule has 0 spiro atoms. The normalized spacial score (nSPS) is 22.6. The maximum atomic E-state index is 13.1. The Kier molecular flexibility index (Phi) is 7.58. The molecule has 2 saturated heterocycles. The summed E-state index contributed by atoms with van der Waals surface area (Å²) in [6, 6.07) is 1.86. The molecule has 0 bridgehead atoms. The van der Waals surface area contributed by atoms with Crippen LogP contribution in [0.3, 0.4) is 0 Å². The van der Waals surface area contributed by atoms with Gasteiger partial charge in [0.25, 0.3) is 5.91 Å². The Labute approximate surface area is 183 Å². The van der Waals surface area contributed by atoms with E-state index >= 15 is 0 Å². The van der Waals surface area contributed by atoms with Crippen molar-refractivity contribution in [2.75, 3.05) is 39.3 Å². The van der Waals surface area contributed by atoms with E-state index in [4.69, 9.17) is 4.42 Å². The molecule has 2 aliphatic heterocycles. The van der Waals surface area contributed by atoms with Crippen molar-refractivity contribution in [3.8, 4) is 0 Å². The van der Waals surface area contributed by atoms with Gasteiger partial charge in [-0.15, -0.1) is 12.4 Å². The quantitative estimate of drug-likeness (QED) is 0.784. The van der Waals surface area contributed by atoms with Crippen LogP contribution < -0.4 is 10.9 Å². The van der Waals surface area contributed by atoms with Crippen LogP contribution in [-0.4, -0.2) is 60.9 Å². The summed E-state index contributed by atoms with van der Waals surface area (Å²) in [7, 11) is 0. The third-order valence-electron chi connectivity index (χ3n) is 6.63. The lowest BCUT2D eigenvalue weighted by molar-refractivity contribution is -0.138. The smallest absolute Gasteiger partial charge is 0.349 e. The zero-order chi connectivity index (χ0) is 20.4. The minimum absolute atomic E-state index is 0. The van der Waals surface area contributed by atoms with Crippen molar-refractivity contribution in [1.82, 2.24) is 15.1 Å².